The van der Waals surface area contributed by atoms with E-state index in [1.165, 1.54) is 11.8 Å². The second-order valence-corrected chi connectivity index (χ2v) is 10.2. The fourth-order valence-corrected chi connectivity index (χ4v) is 6.02. The first kappa shape index (κ1) is 24.0. The molecule has 3 heterocycles. The summed E-state index contributed by atoms with van der Waals surface area (Å²) in [5.41, 5.74) is 1.57. The molecule has 2 saturated heterocycles. The number of nitrogens with zero attached hydrogens (tertiary/aromatic N) is 4. The standard InChI is InChI=1S/C27H32N4O3S/c32-25-22-11-4-5-12-23(22)28-27(31(25)16-8-13-29-17-19-34-20-18-29)35-24(21-9-2-1-3-10-21)26(33)30-14-6-7-15-30/h1-5,9-12,24H,6-8,13-20H2/t24-/m1/s1. The number of fused-ring (bicyclic) bond motifs is 1. The molecule has 0 saturated carbocycles. The van der Waals surface area contributed by atoms with Crippen molar-refractivity contribution in [3.8, 4) is 0 Å². The van der Waals surface area contributed by atoms with Crippen molar-refractivity contribution in [2.45, 2.75) is 36.2 Å². The summed E-state index contributed by atoms with van der Waals surface area (Å²) in [6.07, 6.45) is 2.92. The van der Waals surface area contributed by atoms with Crippen LogP contribution >= 0.6 is 11.8 Å². The van der Waals surface area contributed by atoms with Gasteiger partial charge in [-0.15, -0.1) is 0 Å². The third kappa shape index (κ3) is 5.60. The first-order chi connectivity index (χ1) is 17.2. The van der Waals surface area contributed by atoms with E-state index in [1.54, 1.807) is 4.57 Å². The average molecular weight is 493 g/mol. The molecule has 2 aliphatic heterocycles. The maximum absolute atomic E-state index is 13.6. The largest absolute Gasteiger partial charge is 0.379 e. The highest BCUT2D eigenvalue weighted by molar-refractivity contribution is 8.00. The number of hydrogen-bond acceptors (Lipinski definition) is 6. The number of carbonyl (C=O) groups is 1. The molecular weight excluding hydrogens is 460 g/mol. The Hall–Kier alpha value is -2.68. The lowest BCUT2D eigenvalue weighted by atomic mass is 10.1. The Morgan fingerprint density at radius 2 is 1.66 bits per heavy atom. The molecule has 0 bridgehead atoms. The van der Waals surface area contributed by atoms with Gasteiger partial charge in [0.1, 0.15) is 5.25 Å². The molecule has 0 aliphatic carbocycles. The molecule has 1 amide bonds. The Kier molecular flexibility index (Phi) is 7.81. The van der Waals surface area contributed by atoms with Crippen molar-refractivity contribution in [1.82, 2.24) is 19.4 Å². The van der Waals surface area contributed by atoms with Crippen molar-refractivity contribution in [2.75, 3.05) is 45.9 Å². The van der Waals surface area contributed by atoms with Crippen LogP contribution in [-0.4, -0.2) is 71.2 Å². The zero-order chi connectivity index (χ0) is 24.0. The molecule has 35 heavy (non-hydrogen) atoms. The van der Waals surface area contributed by atoms with E-state index in [1.807, 2.05) is 59.5 Å². The monoisotopic (exact) mass is 492 g/mol. The van der Waals surface area contributed by atoms with Crippen molar-refractivity contribution < 1.29 is 9.53 Å². The number of ether oxygens (including phenoxy) is 1. The predicted molar refractivity (Wildman–Crippen MR) is 139 cm³/mol. The molecule has 184 valence electrons. The second-order valence-electron chi connectivity index (χ2n) is 9.12. The molecule has 5 rings (SSSR count). The molecule has 0 spiro atoms. The van der Waals surface area contributed by atoms with E-state index in [2.05, 4.69) is 4.90 Å². The first-order valence-corrected chi connectivity index (χ1v) is 13.4. The van der Waals surface area contributed by atoms with E-state index in [0.29, 0.717) is 22.6 Å². The zero-order valence-electron chi connectivity index (χ0n) is 20.0. The summed E-state index contributed by atoms with van der Waals surface area (Å²) in [5, 5.41) is 0.787. The first-order valence-electron chi connectivity index (χ1n) is 12.5. The number of hydrogen-bond donors (Lipinski definition) is 0. The molecule has 0 radical (unpaired) electrons. The van der Waals surface area contributed by atoms with Crippen molar-refractivity contribution in [2.24, 2.45) is 0 Å². The van der Waals surface area contributed by atoms with Crippen molar-refractivity contribution >= 4 is 28.6 Å². The Morgan fingerprint density at radius 3 is 2.43 bits per heavy atom. The minimum absolute atomic E-state index is 0.0412. The van der Waals surface area contributed by atoms with Gasteiger partial charge in [0.15, 0.2) is 5.16 Å². The molecule has 0 unspecified atom stereocenters. The molecule has 0 N–H and O–H groups in total. The number of para-hydroxylation sites is 1. The van der Waals surface area contributed by atoms with Gasteiger partial charge >= 0.3 is 0 Å². The number of aromatic nitrogens is 2. The van der Waals surface area contributed by atoms with Gasteiger partial charge in [-0.3, -0.25) is 19.1 Å². The summed E-state index contributed by atoms with van der Waals surface area (Å²) in [7, 11) is 0. The van der Waals surface area contributed by atoms with Gasteiger partial charge in [-0.25, -0.2) is 4.98 Å². The normalized spacial score (nSPS) is 17.7. The third-order valence-corrected chi connectivity index (χ3v) is 7.99. The van der Waals surface area contributed by atoms with Gasteiger partial charge < -0.3 is 9.64 Å². The highest BCUT2D eigenvalue weighted by atomic mass is 32.2. The van der Waals surface area contributed by atoms with E-state index in [4.69, 9.17) is 9.72 Å². The molecule has 8 heteroatoms. The highest BCUT2D eigenvalue weighted by Crippen LogP contribution is 2.37. The number of likely N-dealkylation sites (tertiary alicyclic amines) is 1. The maximum atomic E-state index is 13.6. The summed E-state index contributed by atoms with van der Waals surface area (Å²) >= 11 is 1.41. The van der Waals surface area contributed by atoms with Gasteiger partial charge in [-0.2, -0.15) is 0 Å². The third-order valence-electron chi connectivity index (χ3n) is 6.75. The van der Waals surface area contributed by atoms with Crippen LogP contribution in [-0.2, 0) is 16.1 Å². The van der Waals surface area contributed by atoms with E-state index >= 15 is 0 Å². The summed E-state index contributed by atoms with van der Waals surface area (Å²) in [6, 6.07) is 17.4. The van der Waals surface area contributed by atoms with Gasteiger partial charge in [-0.1, -0.05) is 54.2 Å². The van der Waals surface area contributed by atoms with E-state index in [-0.39, 0.29) is 11.5 Å². The fourth-order valence-electron chi connectivity index (χ4n) is 4.81. The summed E-state index contributed by atoms with van der Waals surface area (Å²) in [6.45, 7) is 6.42. The molecular formula is C27H32N4O3S. The van der Waals surface area contributed by atoms with Crippen LogP contribution < -0.4 is 5.56 Å². The zero-order valence-corrected chi connectivity index (χ0v) is 20.8. The lowest BCUT2D eigenvalue weighted by Gasteiger charge is -2.27. The molecule has 1 atom stereocenters. The second kappa shape index (κ2) is 11.4. The Morgan fingerprint density at radius 1 is 0.943 bits per heavy atom. The summed E-state index contributed by atoms with van der Waals surface area (Å²) in [4.78, 5) is 36.4. The van der Waals surface area contributed by atoms with Crippen molar-refractivity contribution in [3.05, 3.63) is 70.5 Å². The molecule has 2 fully saturated rings. The van der Waals surface area contributed by atoms with Gasteiger partial charge in [-0.05, 0) is 37.0 Å². The molecule has 7 nitrogen and oxygen atoms in total. The SMILES string of the molecule is O=C([C@H](Sc1nc2ccccc2c(=O)n1CCCN1CCOCC1)c1ccccc1)N1CCCC1. The minimum Gasteiger partial charge on any atom is -0.379 e. The van der Waals surface area contributed by atoms with E-state index < -0.39 is 5.25 Å². The molecule has 2 aliphatic rings. The van der Waals surface area contributed by atoms with Gasteiger partial charge in [0, 0.05) is 39.3 Å². The predicted octanol–water partition coefficient (Wildman–Crippen LogP) is 3.57. The lowest BCUT2D eigenvalue weighted by molar-refractivity contribution is -0.129. The van der Waals surface area contributed by atoms with Gasteiger partial charge in [0.25, 0.3) is 5.56 Å². The van der Waals surface area contributed by atoms with Crippen LogP contribution in [0.5, 0.6) is 0 Å². The van der Waals surface area contributed by atoms with Gasteiger partial charge in [0.2, 0.25) is 5.91 Å². The smallest absolute Gasteiger partial charge is 0.262 e. The van der Waals surface area contributed by atoms with Crippen LogP contribution in [0.1, 0.15) is 30.1 Å². The number of thioether (sulfide) groups is 1. The van der Waals surface area contributed by atoms with Crippen molar-refractivity contribution in [1.29, 1.82) is 0 Å². The molecule has 1 aromatic heterocycles. The Labute approximate surface area is 210 Å². The van der Waals surface area contributed by atoms with Crippen LogP contribution in [0.4, 0.5) is 0 Å². The molecule has 3 aromatic rings. The number of rotatable bonds is 8. The number of benzene rings is 2. The van der Waals surface area contributed by atoms with Crippen LogP contribution in [0.3, 0.4) is 0 Å². The van der Waals surface area contributed by atoms with Crippen molar-refractivity contribution in [3.63, 3.8) is 0 Å². The number of amides is 1. The molecule has 2 aromatic carbocycles. The topological polar surface area (TPSA) is 67.7 Å². The maximum Gasteiger partial charge on any atom is 0.262 e. The Balaban J connectivity index is 1.47. The quantitative estimate of drug-likeness (QED) is 0.354. The number of morpholine rings is 1. The summed E-state index contributed by atoms with van der Waals surface area (Å²) < 4.78 is 7.23. The number of carbonyl (C=O) groups excluding carboxylic acids is 1. The minimum atomic E-state index is -0.437. The fraction of sp³-hybridized carbons (Fsp3) is 0.444. The van der Waals surface area contributed by atoms with Crippen LogP contribution in [0.15, 0.2) is 64.5 Å². The van der Waals surface area contributed by atoms with E-state index in [9.17, 15) is 9.59 Å². The van der Waals surface area contributed by atoms with Crippen LogP contribution in [0.25, 0.3) is 10.9 Å². The van der Waals surface area contributed by atoms with Crippen LogP contribution in [0, 0.1) is 0 Å². The average Bonchev–Trinajstić information content (AvgIpc) is 3.45. The van der Waals surface area contributed by atoms with E-state index in [0.717, 1.165) is 70.8 Å². The van der Waals surface area contributed by atoms with Crippen LogP contribution in [0.2, 0.25) is 0 Å². The summed E-state index contributed by atoms with van der Waals surface area (Å²) in [5.74, 6) is 0.0981. The Bertz CT molecular complexity index is 1200. The van der Waals surface area contributed by atoms with Gasteiger partial charge in [0.05, 0.1) is 24.1 Å². The lowest BCUT2D eigenvalue weighted by Crippen LogP contribution is -2.37. The highest BCUT2D eigenvalue weighted by Gasteiger charge is 2.30.